The molecule has 0 saturated carbocycles. The van der Waals surface area contributed by atoms with E-state index >= 15 is 0 Å². The van der Waals surface area contributed by atoms with Gasteiger partial charge in [0.2, 0.25) is 0 Å². The molecule has 0 saturated heterocycles. The van der Waals surface area contributed by atoms with Gasteiger partial charge in [0.05, 0.1) is 12.1 Å². The standard InChI is InChI=1S/C15H13NO4/c1-2-7-16-14(17)10-20-15(18)12-8-11-5-3-4-6-13(11)19-9-12/h1,3-6,8H,7,9-10H2,(H,16,17). The molecule has 1 aliphatic rings. The fourth-order valence-electron chi connectivity index (χ4n) is 1.66. The molecule has 1 aromatic carbocycles. The van der Waals surface area contributed by atoms with Gasteiger partial charge in [0.1, 0.15) is 12.4 Å². The lowest BCUT2D eigenvalue weighted by molar-refractivity contribution is -0.145. The molecule has 1 aromatic rings. The molecule has 102 valence electrons. The fraction of sp³-hybridized carbons (Fsp3) is 0.200. The number of benzene rings is 1. The molecule has 0 aromatic heterocycles. The molecule has 0 unspecified atom stereocenters. The highest BCUT2D eigenvalue weighted by Crippen LogP contribution is 2.25. The average Bonchev–Trinajstić information content (AvgIpc) is 2.50. The number of hydrogen-bond donors (Lipinski definition) is 1. The highest BCUT2D eigenvalue weighted by molar-refractivity contribution is 5.96. The molecule has 0 fully saturated rings. The third kappa shape index (κ3) is 3.39. The van der Waals surface area contributed by atoms with Crippen molar-refractivity contribution in [2.45, 2.75) is 0 Å². The number of terminal acetylenes is 1. The molecular weight excluding hydrogens is 258 g/mol. The first-order valence-corrected chi connectivity index (χ1v) is 6.00. The Bertz CT molecular complexity index is 598. The molecule has 5 heteroatoms. The van der Waals surface area contributed by atoms with Gasteiger partial charge in [-0.1, -0.05) is 24.1 Å². The number of ether oxygens (including phenoxy) is 2. The Hall–Kier alpha value is -2.74. The summed E-state index contributed by atoms with van der Waals surface area (Å²) in [6.45, 7) is -0.128. The van der Waals surface area contributed by atoms with Gasteiger partial charge >= 0.3 is 5.97 Å². The zero-order valence-electron chi connectivity index (χ0n) is 10.7. The average molecular weight is 271 g/mol. The summed E-state index contributed by atoms with van der Waals surface area (Å²) in [5, 5.41) is 2.40. The number of amides is 1. The summed E-state index contributed by atoms with van der Waals surface area (Å²) < 4.78 is 10.3. The monoisotopic (exact) mass is 271 g/mol. The molecule has 0 atom stereocenters. The van der Waals surface area contributed by atoms with Crippen LogP contribution in [0.15, 0.2) is 29.8 Å². The van der Waals surface area contributed by atoms with Crippen LogP contribution in [-0.4, -0.2) is 31.6 Å². The van der Waals surface area contributed by atoms with E-state index in [1.165, 1.54) is 0 Å². The van der Waals surface area contributed by atoms with E-state index in [-0.39, 0.29) is 19.8 Å². The molecule has 1 aliphatic heterocycles. The van der Waals surface area contributed by atoms with Gasteiger partial charge in [-0.15, -0.1) is 6.42 Å². The largest absolute Gasteiger partial charge is 0.488 e. The topological polar surface area (TPSA) is 64.6 Å². The Labute approximate surface area is 116 Å². The van der Waals surface area contributed by atoms with Crippen molar-refractivity contribution in [2.75, 3.05) is 19.8 Å². The summed E-state index contributed by atoms with van der Waals surface area (Å²) in [6, 6.07) is 7.36. The van der Waals surface area contributed by atoms with E-state index in [1.54, 1.807) is 6.08 Å². The number of carbonyl (C=O) groups is 2. The summed E-state index contributed by atoms with van der Waals surface area (Å²) in [6.07, 6.45) is 6.69. The summed E-state index contributed by atoms with van der Waals surface area (Å²) in [5.74, 6) is 1.97. The second-order valence-corrected chi connectivity index (χ2v) is 4.05. The van der Waals surface area contributed by atoms with Crippen LogP contribution in [0.4, 0.5) is 0 Å². The maximum absolute atomic E-state index is 11.8. The third-order valence-corrected chi connectivity index (χ3v) is 2.62. The van der Waals surface area contributed by atoms with E-state index in [1.807, 2.05) is 24.3 Å². The van der Waals surface area contributed by atoms with Gasteiger partial charge in [-0.3, -0.25) is 4.79 Å². The maximum atomic E-state index is 11.8. The van der Waals surface area contributed by atoms with Gasteiger partial charge in [-0.2, -0.15) is 0 Å². The molecule has 0 radical (unpaired) electrons. The Kier molecular flexibility index (Phi) is 4.40. The lowest BCUT2D eigenvalue weighted by Gasteiger charge is -2.16. The number of carbonyl (C=O) groups excluding carboxylic acids is 2. The first kappa shape index (κ1) is 13.7. The molecule has 1 amide bonds. The highest BCUT2D eigenvalue weighted by atomic mass is 16.5. The number of para-hydroxylation sites is 1. The lowest BCUT2D eigenvalue weighted by atomic mass is 10.1. The summed E-state index contributed by atoms with van der Waals surface area (Å²) in [7, 11) is 0. The highest BCUT2D eigenvalue weighted by Gasteiger charge is 2.18. The fourth-order valence-corrected chi connectivity index (χ4v) is 1.66. The number of fused-ring (bicyclic) bond motifs is 1. The SMILES string of the molecule is C#CCNC(=O)COC(=O)C1=Cc2ccccc2OC1. The minimum absolute atomic E-state index is 0.107. The molecular formula is C15H13NO4. The van der Waals surface area contributed by atoms with E-state index in [0.29, 0.717) is 5.57 Å². The van der Waals surface area contributed by atoms with Crippen molar-refractivity contribution in [3.05, 3.63) is 35.4 Å². The van der Waals surface area contributed by atoms with E-state index in [9.17, 15) is 9.59 Å². The van der Waals surface area contributed by atoms with Crippen molar-refractivity contribution >= 4 is 18.0 Å². The van der Waals surface area contributed by atoms with Crippen LogP contribution in [0.3, 0.4) is 0 Å². The van der Waals surface area contributed by atoms with Gasteiger partial charge in [0.15, 0.2) is 6.61 Å². The van der Waals surface area contributed by atoms with Gasteiger partial charge < -0.3 is 14.8 Å². The zero-order chi connectivity index (χ0) is 14.4. The smallest absolute Gasteiger partial charge is 0.338 e. The van der Waals surface area contributed by atoms with Crippen LogP contribution in [0.25, 0.3) is 6.08 Å². The van der Waals surface area contributed by atoms with Crippen molar-refractivity contribution in [1.29, 1.82) is 0 Å². The van der Waals surface area contributed by atoms with Crippen LogP contribution < -0.4 is 10.1 Å². The second-order valence-electron chi connectivity index (χ2n) is 4.05. The summed E-state index contributed by atoms with van der Waals surface area (Å²) >= 11 is 0. The molecule has 2 rings (SSSR count). The Morgan fingerprint density at radius 3 is 3.00 bits per heavy atom. The normalized spacial score (nSPS) is 12.2. The van der Waals surface area contributed by atoms with Crippen LogP contribution in [0.5, 0.6) is 5.75 Å². The molecule has 1 heterocycles. The van der Waals surface area contributed by atoms with Crippen LogP contribution >= 0.6 is 0 Å². The van der Waals surface area contributed by atoms with E-state index in [2.05, 4.69) is 11.2 Å². The predicted molar refractivity (Wildman–Crippen MR) is 72.7 cm³/mol. The van der Waals surface area contributed by atoms with E-state index in [4.69, 9.17) is 15.9 Å². The first-order valence-electron chi connectivity index (χ1n) is 6.00. The third-order valence-electron chi connectivity index (χ3n) is 2.62. The van der Waals surface area contributed by atoms with Crippen molar-refractivity contribution in [3.8, 4) is 18.1 Å². The molecule has 0 aliphatic carbocycles. The number of rotatable bonds is 4. The summed E-state index contributed by atoms with van der Waals surface area (Å²) in [4.78, 5) is 23.0. The van der Waals surface area contributed by atoms with Crippen molar-refractivity contribution in [2.24, 2.45) is 0 Å². The Balaban J connectivity index is 1.93. The molecule has 5 nitrogen and oxygen atoms in total. The van der Waals surface area contributed by atoms with Gasteiger partial charge in [-0.05, 0) is 12.1 Å². The van der Waals surface area contributed by atoms with Gasteiger partial charge in [0.25, 0.3) is 5.91 Å². The minimum atomic E-state index is -0.574. The predicted octanol–water partition coefficient (Wildman–Crippen LogP) is 0.755. The number of hydrogen-bond acceptors (Lipinski definition) is 4. The van der Waals surface area contributed by atoms with Crippen molar-refractivity contribution < 1.29 is 19.1 Å². The van der Waals surface area contributed by atoms with Crippen molar-refractivity contribution in [3.63, 3.8) is 0 Å². The molecule has 1 N–H and O–H groups in total. The van der Waals surface area contributed by atoms with Crippen molar-refractivity contribution in [1.82, 2.24) is 5.32 Å². The van der Waals surface area contributed by atoms with Crippen LogP contribution in [0.1, 0.15) is 5.56 Å². The van der Waals surface area contributed by atoms with E-state index < -0.39 is 11.9 Å². The number of nitrogens with one attached hydrogen (secondary N) is 1. The van der Waals surface area contributed by atoms with Gasteiger partial charge in [-0.25, -0.2) is 4.79 Å². The second kappa shape index (κ2) is 6.43. The molecule has 0 spiro atoms. The lowest BCUT2D eigenvalue weighted by Crippen LogP contribution is -2.30. The molecule has 20 heavy (non-hydrogen) atoms. The summed E-state index contributed by atoms with van der Waals surface area (Å²) in [5.41, 5.74) is 1.18. The molecule has 0 bridgehead atoms. The van der Waals surface area contributed by atoms with Crippen LogP contribution in [0.2, 0.25) is 0 Å². The Morgan fingerprint density at radius 1 is 1.40 bits per heavy atom. The van der Waals surface area contributed by atoms with E-state index in [0.717, 1.165) is 11.3 Å². The number of esters is 1. The quantitative estimate of drug-likeness (QED) is 0.648. The maximum Gasteiger partial charge on any atom is 0.338 e. The van der Waals surface area contributed by atoms with Gasteiger partial charge in [0, 0.05) is 5.56 Å². The van der Waals surface area contributed by atoms with Crippen LogP contribution in [-0.2, 0) is 14.3 Å². The zero-order valence-corrected chi connectivity index (χ0v) is 10.7. The first-order chi connectivity index (χ1) is 9.70. The Morgan fingerprint density at radius 2 is 2.20 bits per heavy atom. The van der Waals surface area contributed by atoms with Crippen LogP contribution in [0, 0.1) is 12.3 Å². The minimum Gasteiger partial charge on any atom is -0.488 e.